The van der Waals surface area contributed by atoms with E-state index in [0.29, 0.717) is 4.47 Å². The molecule has 0 aliphatic rings. The first kappa shape index (κ1) is 17.7. The number of ether oxygens (including phenoxy) is 2. The average Bonchev–Trinajstić information content (AvgIpc) is 2.61. The Bertz CT molecular complexity index is 794. The van der Waals surface area contributed by atoms with Gasteiger partial charge in [0.25, 0.3) is 0 Å². The van der Waals surface area contributed by atoms with Gasteiger partial charge in [-0.25, -0.2) is 9.59 Å². The Kier molecular flexibility index (Phi) is 5.35. The minimum Gasteiger partial charge on any atom is -0.507 e. The van der Waals surface area contributed by atoms with Crippen LogP contribution >= 0.6 is 15.9 Å². The molecule has 24 heavy (non-hydrogen) atoms. The van der Waals surface area contributed by atoms with Gasteiger partial charge in [0.05, 0.1) is 30.9 Å². The summed E-state index contributed by atoms with van der Waals surface area (Å²) < 4.78 is 9.86. The highest BCUT2D eigenvalue weighted by Gasteiger charge is 2.20. The third kappa shape index (κ3) is 3.62. The van der Waals surface area contributed by atoms with Crippen LogP contribution in [-0.4, -0.2) is 37.0 Å². The van der Waals surface area contributed by atoms with Gasteiger partial charge in [0, 0.05) is 10.0 Å². The number of carbonyl (C=O) groups excluding carboxylic acids is 3. The van der Waals surface area contributed by atoms with Gasteiger partial charge in [0.1, 0.15) is 5.75 Å². The van der Waals surface area contributed by atoms with Gasteiger partial charge < -0.3 is 14.6 Å². The molecule has 0 radical (unpaired) electrons. The van der Waals surface area contributed by atoms with E-state index in [1.165, 1.54) is 44.6 Å². The van der Waals surface area contributed by atoms with Crippen molar-refractivity contribution in [2.45, 2.75) is 0 Å². The van der Waals surface area contributed by atoms with Gasteiger partial charge in [-0.05, 0) is 36.4 Å². The molecule has 0 unspecified atom stereocenters. The monoisotopic (exact) mass is 392 g/mol. The van der Waals surface area contributed by atoms with Crippen LogP contribution in [0.3, 0.4) is 0 Å². The van der Waals surface area contributed by atoms with E-state index in [2.05, 4.69) is 25.4 Å². The van der Waals surface area contributed by atoms with Crippen LogP contribution in [0.25, 0.3) is 0 Å². The van der Waals surface area contributed by atoms with E-state index >= 15 is 0 Å². The van der Waals surface area contributed by atoms with E-state index in [9.17, 15) is 19.5 Å². The van der Waals surface area contributed by atoms with Crippen LogP contribution in [0.1, 0.15) is 36.6 Å². The van der Waals surface area contributed by atoms with E-state index in [-0.39, 0.29) is 28.0 Å². The van der Waals surface area contributed by atoms with E-state index < -0.39 is 17.7 Å². The number of aromatic hydroxyl groups is 1. The number of esters is 2. The maximum absolute atomic E-state index is 12.7. The number of ketones is 1. The van der Waals surface area contributed by atoms with Crippen molar-refractivity contribution in [2.24, 2.45) is 0 Å². The number of phenols is 1. The number of phenolic OH excluding ortho intramolecular Hbond substituents is 1. The minimum atomic E-state index is -0.701. The van der Waals surface area contributed by atoms with Gasteiger partial charge in [-0.3, -0.25) is 4.79 Å². The summed E-state index contributed by atoms with van der Waals surface area (Å²) in [5, 5.41) is 9.89. The van der Waals surface area contributed by atoms with Crippen LogP contribution in [0.2, 0.25) is 0 Å². The Morgan fingerprint density at radius 3 is 1.88 bits per heavy atom. The quantitative estimate of drug-likeness (QED) is 0.635. The molecule has 0 aliphatic heterocycles. The molecule has 1 N–H and O–H groups in total. The van der Waals surface area contributed by atoms with Crippen molar-refractivity contribution in [3.63, 3.8) is 0 Å². The molecule has 0 bridgehead atoms. The second kappa shape index (κ2) is 7.27. The van der Waals surface area contributed by atoms with Crippen LogP contribution in [0, 0.1) is 0 Å². The summed E-state index contributed by atoms with van der Waals surface area (Å²) >= 11 is 3.22. The zero-order valence-corrected chi connectivity index (χ0v) is 14.4. The molecule has 0 saturated carbocycles. The normalized spacial score (nSPS) is 10.1. The second-order valence-electron chi connectivity index (χ2n) is 4.77. The molecule has 2 aromatic rings. The Balaban J connectivity index is 2.59. The van der Waals surface area contributed by atoms with Crippen molar-refractivity contribution < 1.29 is 29.0 Å². The van der Waals surface area contributed by atoms with Crippen molar-refractivity contribution in [3.05, 3.63) is 63.1 Å². The number of hydrogen-bond donors (Lipinski definition) is 1. The zero-order valence-electron chi connectivity index (χ0n) is 12.8. The first-order chi connectivity index (χ1) is 11.4. The number of benzene rings is 2. The van der Waals surface area contributed by atoms with Gasteiger partial charge in [-0.15, -0.1) is 0 Å². The summed E-state index contributed by atoms with van der Waals surface area (Å²) in [6.45, 7) is 0. The average molecular weight is 393 g/mol. The van der Waals surface area contributed by atoms with Crippen molar-refractivity contribution in [1.82, 2.24) is 0 Å². The minimum absolute atomic E-state index is 0.0261. The van der Waals surface area contributed by atoms with Crippen LogP contribution in [0.5, 0.6) is 5.75 Å². The molecule has 0 aliphatic carbocycles. The van der Waals surface area contributed by atoms with Crippen molar-refractivity contribution in [3.8, 4) is 5.75 Å². The Hall–Kier alpha value is -2.67. The fourth-order valence-corrected chi connectivity index (χ4v) is 2.44. The lowest BCUT2D eigenvalue weighted by molar-refractivity contribution is 0.0599. The van der Waals surface area contributed by atoms with E-state index in [1.807, 2.05) is 0 Å². The summed E-state index contributed by atoms with van der Waals surface area (Å²) in [5.41, 5.74) is 0.130. The molecule has 7 heteroatoms. The molecule has 124 valence electrons. The lowest BCUT2D eigenvalue weighted by atomic mass is 9.98. The van der Waals surface area contributed by atoms with Crippen molar-refractivity contribution in [2.75, 3.05) is 14.2 Å². The van der Waals surface area contributed by atoms with Crippen LogP contribution in [0.15, 0.2) is 40.9 Å². The maximum Gasteiger partial charge on any atom is 0.337 e. The number of carbonyl (C=O) groups is 3. The molecular weight excluding hydrogens is 380 g/mol. The summed E-state index contributed by atoms with van der Waals surface area (Å²) in [6.07, 6.45) is 0. The molecule has 0 spiro atoms. The summed E-state index contributed by atoms with van der Waals surface area (Å²) in [5.74, 6) is -2.17. The summed E-state index contributed by atoms with van der Waals surface area (Å²) in [6, 6.07) is 8.25. The SMILES string of the molecule is COC(=O)c1cc(C(=O)OC)cc(C(=O)c2cc(Br)ccc2O)c1. The Morgan fingerprint density at radius 1 is 0.875 bits per heavy atom. The van der Waals surface area contributed by atoms with Gasteiger partial charge in [-0.2, -0.15) is 0 Å². The molecule has 6 nitrogen and oxygen atoms in total. The first-order valence-corrected chi connectivity index (χ1v) is 7.51. The predicted molar refractivity (Wildman–Crippen MR) is 88.4 cm³/mol. The highest BCUT2D eigenvalue weighted by Crippen LogP contribution is 2.25. The number of methoxy groups -OCH3 is 2. The zero-order chi connectivity index (χ0) is 17.9. The third-order valence-electron chi connectivity index (χ3n) is 3.24. The lowest BCUT2D eigenvalue weighted by Gasteiger charge is -2.09. The van der Waals surface area contributed by atoms with Crippen molar-refractivity contribution >= 4 is 33.7 Å². The third-order valence-corrected chi connectivity index (χ3v) is 3.73. The van der Waals surface area contributed by atoms with Gasteiger partial charge >= 0.3 is 11.9 Å². The molecule has 0 heterocycles. The largest absolute Gasteiger partial charge is 0.507 e. The second-order valence-corrected chi connectivity index (χ2v) is 5.69. The van der Waals surface area contributed by atoms with E-state index in [0.717, 1.165) is 0 Å². The molecule has 0 atom stereocenters. The lowest BCUT2D eigenvalue weighted by Crippen LogP contribution is -2.11. The molecular formula is C17H13BrO6. The van der Waals surface area contributed by atoms with Crippen LogP contribution in [-0.2, 0) is 9.47 Å². The summed E-state index contributed by atoms with van der Waals surface area (Å²) in [4.78, 5) is 36.2. The molecule has 0 saturated heterocycles. The Labute approximate surface area is 146 Å². The fraction of sp³-hybridized carbons (Fsp3) is 0.118. The van der Waals surface area contributed by atoms with Gasteiger partial charge in [0.15, 0.2) is 5.78 Å². The van der Waals surface area contributed by atoms with E-state index in [1.54, 1.807) is 6.07 Å². The summed E-state index contributed by atoms with van der Waals surface area (Å²) in [7, 11) is 2.38. The Morgan fingerprint density at radius 2 is 1.38 bits per heavy atom. The van der Waals surface area contributed by atoms with Gasteiger partial charge in [0.2, 0.25) is 0 Å². The van der Waals surface area contributed by atoms with Crippen LogP contribution < -0.4 is 0 Å². The smallest absolute Gasteiger partial charge is 0.337 e. The molecule has 0 aromatic heterocycles. The number of rotatable bonds is 4. The fourth-order valence-electron chi connectivity index (χ4n) is 2.08. The maximum atomic E-state index is 12.7. The highest BCUT2D eigenvalue weighted by atomic mass is 79.9. The standard InChI is InChI=1S/C17H13BrO6/c1-23-16(21)10-5-9(6-11(7-10)17(22)24-2)15(20)13-8-12(18)3-4-14(13)19/h3-8,19H,1-2H3. The molecule has 2 aromatic carbocycles. The number of halogens is 1. The first-order valence-electron chi connectivity index (χ1n) is 6.72. The van der Waals surface area contributed by atoms with Gasteiger partial charge in [-0.1, -0.05) is 15.9 Å². The van der Waals surface area contributed by atoms with Crippen molar-refractivity contribution in [1.29, 1.82) is 0 Å². The van der Waals surface area contributed by atoms with Crippen LogP contribution in [0.4, 0.5) is 0 Å². The molecule has 0 fully saturated rings. The van der Waals surface area contributed by atoms with E-state index in [4.69, 9.17) is 0 Å². The molecule has 0 amide bonds. The topological polar surface area (TPSA) is 89.9 Å². The highest BCUT2D eigenvalue weighted by molar-refractivity contribution is 9.10. The number of hydrogen-bond acceptors (Lipinski definition) is 6. The molecule has 2 rings (SSSR count). The predicted octanol–water partition coefficient (Wildman–Crippen LogP) is 2.96.